The Labute approximate surface area is 206 Å². The van der Waals surface area contributed by atoms with E-state index in [1.165, 1.54) is 13.0 Å². The first kappa shape index (κ1) is 25.8. The Hall–Kier alpha value is -4.24. The minimum Gasteiger partial charge on any atom is -0.507 e. The van der Waals surface area contributed by atoms with E-state index in [0.29, 0.717) is 6.07 Å². The summed E-state index contributed by atoms with van der Waals surface area (Å²) in [6, 6.07) is 3.85. The average molecular weight is 522 g/mol. The molecule has 0 spiro atoms. The molecule has 198 valence electrons. The number of benzene rings is 2. The number of aliphatic hydroxyl groups excluding tert-OH is 3. The van der Waals surface area contributed by atoms with Crippen LogP contribution in [0.1, 0.15) is 6.92 Å². The van der Waals surface area contributed by atoms with E-state index >= 15 is 0 Å². The molecule has 0 bridgehead atoms. The number of phenols is 4. The van der Waals surface area contributed by atoms with Crippen LogP contribution in [0, 0.1) is 0 Å². The summed E-state index contributed by atoms with van der Waals surface area (Å²) >= 11 is 0. The fourth-order valence-electron chi connectivity index (χ4n) is 3.76. The summed E-state index contributed by atoms with van der Waals surface area (Å²) in [5.74, 6) is -6.16. The van der Waals surface area contributed by atoms with Crippen LogP contribution in [0.15, 0.2) is 33.5 Å². The second-order valence-electron chi connectivity index (χ2n) is 8.03. The summed E-state index contributed by atoms with van der Waals surface area (Å²) in [6.07, 6.45) is -9.60. The zero-order chi connectivity index (χ0) is 27.2. The highest BCUT2D eigenvalue weighted by Crippen LogP contribution is 2.44. The lowest BCUT2D eigenvalue weighted by atomic mass is 9.99. The van der Waals surface area contributed by atoms with Gasteiger partial charge < -0.3 is 59.5 Å². The highest BCUT2D eigenvalue weighted by atomic mass is 16.7. The molecule has 0 saturated carbocycles. The number of fused-ring (bicyclic) bond motifs is 1. The second-order valence-corrected chi connectivity index (χ2v) is 8.03. The Morgan fingerprint density at radius 2 is 1.62 bits per heavy atom. The van der Waals surface area contributed by atoms with Crippen molar-refractivity contribution in [3.05, 3.63) is 34.5 Å². The second kappa shape index (κ2) is 9.67. The van der Waals surface area contributed by atoms with Crippen LogP contribution in [0.5, 0.6) is 34.5 Å². The van der Waals surface area contributed by atoms with Crippen LogP contribution in [0.25, 0.3) is 22.3 Å². The van der Waals surface area contributed by atoms with Crippen molar-refractivity contribution >= 4 is 16.9 Å². The van der Waals surface area contributed by atoms with Crippen LogP contribution in [0.3, 0.4) is 0 Å². The lowest BCUT2D eigenvalue weighted by Gasteiger charge is -2.39. The average Bonchev–Trinajstić information content (AvgIpc) is 2.85. The lowest BCUT2D eigenvalue weighted by molar-refractivity contribution is -0.272. The van der Waals surface area contributed by atoms with Crippen LogP contribution >= 0.6 is 0 Å². The first-order valence-corrected chi connectivity index (χ1v) is 10.8. The molecule has 0 unspecified atom stereocenters. The predicted molar refractivity (Wildman–Crippen MR) is 120 cm³/mol. The molecule has 1 aliphatic rings. The number of rotatable bonds is 5. The van der Waals surface area contributed by atoms with E-state index in [1.807, 2.05) is 0 Å². The Morgan fingerprint density at radius 3 is 2.27 bits per heavy atom. The molecule has 8 N–H and O–H groups in total. The molecular formula is C23H22O14. The van der Waals surface area contributed by atoms with Gasteiger partial charge in [-0.15, -0.1) is 0 Å². The Morgan fingerprint density at radius 1 is 0.919 bits per heavy atom. The smallest absolute Gasteiger partial charge is 0.338 e. The maximum atomic E-state index is 12.9. The fraction of sp³-hybridized carbons (Fsp3) is 0.304. The molecule has 1 saturated heterocycles. The topological polar surface area (TPSA) is 237 Å². The van der Waals surface area contributed by atoms with Crippen LogP contribution in [-0.4, -0.2) is 84.1 Å². The van der Waals surface area contributed by atoms with E-state index in [9.17, 15) is 50.4 Å². The minimum absolute atomic E-state index is 0.0940. The molecule has 37 heavy (non-hydrogen) atoms. The van der Waals surface area contributed by atoms with E-state index in [4.69, 9.17) is 18.6 Å². The van der Waals surface area contributed by atoms with Crippen molar-refractivity contribution in [1.82, 2.24) is 0 Å². The Balaban J connectivity index is 1.85. The molecule has 1 fully saturated rings. The van der Waals surface area contributed by atoms with Gasteiger partial charge in [-0.2, -0.15) is 0 Å². The van der Waals surface area contributed by atoms with Gasteiger partial charge in [0.25, 0.3) is 0 Å². The van der Waals surface area contributed by atoms with Gasteiger partial charge in [0.2, 0.25) is 23.2 Å². The van der Waals surface area contributed by atoms with E-state index < -0.39 is 93.3 Å². The number of esters is 1. The summed E-state index contributed by atoms with van der Waals surface area (Å²) in [5.41, 5.74) is -1.95. The molecule has 1 aromatic heterocycles. The van der Waals surface area contributed by atoms with Crippen molar-refractivity contribution in [3.8, 4) is 45.8 Å². The largest absolute Gasteiger partial charge is 0.507 e. The number of hydrogen-bond acceptors (Lipinski definition) is 14. The fourth-order valence-corrected chi connectivity index (χ4v) is 3.76. The highest BCUT2D eigenvalue weighted by molar-refractivity contribution is 5.93. The number of carbonyl (C=O) groups is 1. The number of aliphatic hydroxyl groups is 3. The summed E-state index contributed by atoms with van der Waals surface area (Å²) in [6.45, 7) is 1.39. The standard InChI is InChI=1S/C23H22O14/c1-2-34-22(33)21-16(31)14(29)17(32)23(37-21)36-19-11(27)6-10(26)12-13(28)15(30)18(35-20(12)19)7-3-4-8(24)9(25)5-7/h3-6,14,16-17,21,23-27,29-32H,2H2,1H3/t14-,16-,17+,21-,23+/m0/s1. The molecule has 2 aromatic carbocycles. The maximum absolute atomic E-state index is 12.9. The minimum atomic E-state index is -1.98. The van der Waals surface area contributed by atoms with Crippen LogP contribution in [0.2, 0.25) is 0 Å². The van der Waals surface area contributed by atoms with Crippen LogP contribution in [-0.2, 0) is 14.3 Å². The number of ether oxygens (including phenoxy) is 3. The molecule has 1 aliphatic heterocycles. The van der Waals surface area contributed by atoms with Crippen molar-refractivity contribution in [2.24, 2.45) is 0 Å². The van der Waals surface area contributed by atoms with Crippen molar-refractivity contribution in [2.45, 2.75) is 37.6 Å². The van der Waals surface area contributed by atoms with Crippen molar-refractivity contribution in [3.63, 3.8) is 0 Å². The Kier molecular flexibility index (Phi) is 6.75. The lowest BCUT2D eigenvalue weighted by Crippen LogP contribution is -2.61. The van der Waals surface area contributed by atoms with E-state index in [0.717, 1.165) is 12.1 Å². The van der Waals surface area contributed by atoms with Gasteiger partial charge in [-0.25, -0.2) is 4.79 Å². The van der Waals surface area contributed by atoms with Gasteiger partial charge in [0.1, 0.15) is 29.4 Å². The zero-order valence-electron chi connectivity index (χ0n) is 18.9. The van der Waals surface area contributed by atoms with Gasteiger partial charge >= 0.3 is 5.97 Å². The third-order valence-electron chi connectivity index (χ3n) is 5.62. The molecule has 2 heterocycles. The summed E-state index contributed by atoms with van der Waals surface area (Å²) in [4.78, 5) is 25.0. The van der Waals surface area contributed by atoms with Crippen molar-refractivity contribution < 1.29 is 64.3 Å². The van der Waals surface area contributed by atoms with E-state index in [-0.39, 0.29) is 12.2 Å². The molecule has 14 nitrogen and oxygen atoms in total. The number of carbonyl (C=O) groups excluding carboxylic acids is 1. The number of aromatic hydroxyl groups is 5. The highest BCUT2D eigenvalue weighted by Gasteiger charge is 2.49. The molecule has 3 aromatic rings. The van der Waals surface area contributed by atoms with Gasteiger partial charge in [0.15, 0.2) is 34.7 Å². The van der Waals surface area contributed by atoms with Gasteiger partial charge in [-0.05, 0) is 25.1 Å². The van der Waals surface area contributed by atoms with Gasteiger partial charge in [-0.3, -0.25) is 4.79 Å². The zero-order valence-corrected chi connectivity index (χ0v) is 18.9. The van der Waals surface area contributed by atoms with Crippen molar-refractivity contribution in [2.75, 3.05) is 6.61 Å². The van der Waals surface area contributed by atoms with E-state index in [1.54, 1.807) is 0 Å². The first-order chi connectivity index (χ1) is 17.5. The number of hydrogen-bond donors (Lipinski definition) is 8. The Bertz CT molecular complexity index is 1410. The molecule has 0 amide bonds. The third-order valence-corrected chi connectivity index (χ3v) is 5.62. The first-order valence-electron chi connectivity index (χ1n) is 10.8. The summed E-state index contributed by atoms with van der Waals surface area (Å²) < 4.78 is 21.1. The monoisotopic (exact) mass is 522 g/mol. The molecule has 5 atom stereocenters. The summed E-state index contributed by atoms with van der Waals surface area (Å²) in [7, 11) is 0. The maximum Gasteiger partial charge on any atom is 0.338 e. The normalized spacial score (nSPS) is 23.6. The quantitative estimate of drug-likeness (QED) is 0.159. The van der Waals surface area contributed by atoms with Gasteiger partial charge in [0.05, 0.1) is 6.61 Å². The van der Waals surface area contributed by atoms with Gasteiger partial charge in [-0.1, -0.05) is 0 Å². The van der Waals surface area contributed by atoms with Crippen LogP contribution in [0.4, 0.5) is 0 Å². The summed E-state index contributed by atoms with van der Waals surface area (Å²) in [5, 5.41) is 80.5. The van der Waals surface area contributed by atoms with Gasteiger partial charge in [0, 0.05) is 11.6 Å². The predicted octanol–water partition coefficient (Wildman–Crippen LogP) is -0.263. The molecule has 0 radical (unpaired) electrons. The molecular weight excluding hydrogens is 500 g/mol. The van der Waals surface area contributed by atoms with Crippen LogP contribution < -0.4 is 10.2 Å². The molecule has 0 aliphatic carbocycles. The SMILES string of the molecule is CCOC(=O)[C@H]1O[C@@H](Oc2c(O)cc(O)c3c(=O)c(O)c(-c4ccc(O)c(O)c4)oc23)[C@H](O)[C@@H](O)[C@@H]1O. The molecule has 4 rings (SSSR count). The third kappa shape index (κ3) is 4.42. The van der Waals surface area contributed by atoms with Crippen molar-refractivity contribution in [1.29, 1.82) is 0 Å². The van der Waals surface area contributed by atoms with E-state index in [2.05, 4.69) is 0 Å². The molecule has 14 heteroatoms. The number of phenolic OH excluding ortho intramolecular Hbond substituents is 4.